The zero-order valence-electron chi connectivity index (χ0n) is 19.9. The van der Waals surface area contributed by atoms with Gasteiger partial charge < -0.3 is 16.0 Å². The lowest BCUT2D eigenvalue weighted by molar-refractivity contribution is -0.124. The molecule has 0 bridgehead atoms. The molecule has 5 nitrogen and oxygen atoms in total. The predicted octanol–water partition coefficient (Wildman–Crippen LogP) is 5.90. The molecule has 1 aliphatic heterocycles. The molecule has 1 aromatic carbocycles. The van der Waals surface area contributed by atoms with Crippen molar-refractivity contribution in [3.05, 3.63) is 16.7 Å². The molecule has 0 atom stereocenters. The molecule has 0 spiro atoms. The predicted molar refractivity (Wildman–Crippen MR) is 127 cm³/mol. The largest absolute Gasteiger partial charge is 0.397 e. The van der Waals surface area contributed by atoms with Crippen LogP contribution < -0.4 is 16.0 Å². The summed E-state index contributed by atoms with van der Waals surface area (Å²) in [5.74, 6) is 0.0484. The fraction of sp³-hybridized carbons (Fsp3) is 0.680. The SMILES string of the molecule is CCCCCCCCCC(C)(C)C(=O)Nc1c(C)c(N)c2c(c1C)CCN2C(C)=O. The molecule has 0 aromatic heterocycles. The van der Waals surface area contributed by atoms with E-state index < -0.39 is 5.41 Å². The number of nitrogens with one attached hydrogen (secondary N) is 1. The van der Waals surface area contributed by atoms with Gasteiger partial charge >= 0.3 is 0 Å². The number of carbonyl (C=O) groups excluding carboxylic acids is 2. The van der Waals surface area contributed by atoms with Gasteiger partial charge in [-0.25, -0.2) is 0 Å². The third-order valence-electron chi connectivity index (χ3n) is 6.64. The monoisotopic (exact) mass is 415 g/mol. The molecule has 2 amide bonds. The Kier molecular flexibility index (Phi) is 8.34. The van der Waals surface area contributed by atoms with Gasteiger partial charge in [-0.2, -0.15) is 0 Å². The van der Waals surface area contributed by atoms with Crippen molar-refractivity contribution in [2.24, 2.45) is 5.41 Å². The first-order valence-electron chi connectivity index (χ1n) is 11.6. The summed E-state index contributed by atoms with van der Waals surface area (Å²) in [6.07, 6.45) is 10.4. The fourth-order valence-corrected chi connectivity index (χ4v) is 4.46. The number of amides is 2. The second-order valence-electron chi connectivity index (χ2n) is 9.50. The molecule has 5 heteroatoms. The summed E-state index contributed by atoms with van der Waals surface area (Å²) in [6, 6.07) is 0. The Bertz CT molecular complexity index is 783. The first kappa shape index (κ1) is 24.2. The summed E-state index contributed by atoms with van der Waals surface area (Å²) >= 11 is 0. The van der Waals surface area contributed by atoms with Crippen molar-refractivity contribution < 1.29 is 9.59 Å². The molecule has 0 radical (unpaired) electrons. The van der Waals surface area contributed by atoms with E-state index in [0.717, 1.165) is 47.3 Å². The zero-order valence-corrected chi connectivity index (χ0v) is 19.9. The van der Waals surface area contributed by atoms with E-state index in [2.05, 4.69) is 12.2 Å². The fourth-order valence-electron chi connectivity index (χ4n) is 4.46. The minimum absolute atomic E-state index is 0.00635. The Hall–Kier alpha value is -2.04. The van der Waals surface area contributed by atoms with E-state index in [0.29, 0.717) is 12.2 Å². The third kappa shape index (κ3) is 5.35. The molecule has 0 saturated carbocycles. The molecule has 168 valence electrons. The van der Waals surface area contributed by atoms with Crippen LogP contribution in [0.1, 0.15) is 95.8 Å². The Morgan fingerprint density at radius 2 is 1.63 bits per heavy atom. The first-order valence-corrected chi connectivity index (χ1v) is 11.6. The van der Waals surface area contributed by atoms with Gasteiger partial charge in [0.2, 0.25) is 11.8 Å². The van der Waals surface area contributed by atoms with Crippen LogP contribution in [0.3, 0.4) is 0 Å². The van der Waals surface area contributed by atoms with Crippen molar-refractivity contribution in [1.29, 1.82) is 0 Å². The van der Waals surface area contributed by atoms with E-state index in [4.69, 9.17) is 5.73 Å². The lowest BCUT2D eigenvalue weighted by Crippen LogP contribution is -2.31. The molecule has 1 aliphatic rings. The van der Waals surface area contributed by atoms with Crippen molar-refractivity contribution in [1.82, 2.24) is 0 Å². The molecule has 1 aromatic rings. The van der Waals surface area contributed by atoms with Crippen molar-refractivity contribution in [3.8, 4) is 0 Å². The van der Waals surface area contributed by atoms with E-state index in [1.54, 1.807) is 11.8 Å². The smallest absolute Gasteiger partial charge is 0.230 e. The standard InChI is InChI=1S/C25H41N3O2/c1-7-8-9-10-11-12-13-15-25(5,6)24(30)27-22-17(2)20-14-16-28(19(4)29)23(20)21(26)18(22)3/h7-16,26H2,1-6H3,(H,27,30). The Labute approximate surface area is 182 Å². The van der Waals surface area contributed by atoms with Crippen LogP contribution in [0.5, 0.6) is 0 Å². The number of carbonyl (C=O) groups is 2. The van der Waals surface area contributed by atoms with Crippen LogP contribution in [0.4, 0.5) is 17.1 Å². The van der Waals surface area contributed by atoms with Crippen molar-refractivity contribution in [3.63, 3.8) is 0 Å². The van der Waals surface area contributed by atoms with Gasteiger partial charge in [0, 0.05) is 24.6 Å². The zero-order chi connectivity index (χ0) is 22.5. The second kappa shape index (κ2) is 10.3. The van der Waals surface area contributed by atoms with Crippen molar-refractivity contribution in [2.45, 2.75) is 99.3 Å². The van der Waals surface area contributed by atoms with Crippen LogP contribution in [0.25, 0.3) is 0 Å². The van der Waals surface area contributed by atoms with Crippen LogP contribution >= 0.6 is 0 Å². The molecule has 0 unspecified atom stereocenters. The summed E-state index contributed by atoms with van der Waals surface area (Å²) in [4.78, 5) is 26.8. The van der Waals surface area contributed by atoms with Gasteiger partial charge in [0.05, 0.1) is 11.4 Å². The number of nitrogens with zero attached hydrogens (tertiary/aromatic N) is 1. The summed E-state index contributed by atoms with van der Waals surface area (Å²) in [6.45, 7) is 12.5. The van der Waals surface area contributed by atoms with Crippen molar-refractivity contribution in [2.75, 3.05) is 22.5 Å². The van der Waals surface area contributed by atoms with E-state index in [1.807, 2.05) is 27.7 Å². The number of hydrogen-bond acceptors (Lipinski definition) is 3. The highest BCUT2D eigenvalue weighted by molar-refractivity contribution is 6.03. The maximum atomic E-state index is 13.1. The maximum Gasteiger partial charge on any atom is 0.230 e. The number of nitrogen functional groups attached to an aromatic ring is 1. The second-order valence-corrected chi connectivity index (χ2v) is 9.50. The number of fused-ring (bicyclic) bond motifs is 1. The number of rotatable bonds is 10. The highest BCUT2D eigenvalue weighted by atomic mass is 16.2. The molecular formula is C25H41N3O2. The first-order chi connectivity index (χ1) is 14.1. The Morgan fingerprint density at radius 1 is 1.03 bits per heavy atom. The average molecular weight is 416 g/mol. The highest BCUT2D eigenvalue weighted by Gasteiger charge is 2.32. The van der Waals surface area contributed by atoms with Crippen LogP contribution in [0.15, 0.2) is 0 Å². The third-order valence-corrected chi connectivity index (χ3v) is 6.64. The van der Waals surface area contributed by atoms with Crippen LogP contribution in [-0.4, -0.2) is 18.4 Å². The minimum Gasteiger partial charge on any atom is -0.397 e. The van der Waals surface area contributed by atoms with Gasteiger partial charge in [-0.1, -0.05) is 65.7 Å². The molecule has 0 saturated heterocycles. The summed E-state index contributed by atoms with van der Waals surface area (Å²) in [5.41, 5.74) is 11.2. The molecule has 30 heavy (non-hydrogen) atoms. The van der Waals surface area contributed by atoms with Gasteiger partial charge in [-0.05, 0) is 43.4 Å². The number of hydrogen-bond donors (Lipinski definition) is 2. The van der Waals surface area contributed by atoms with Crippen LogP contribution in [0.2, 0.25) is 0 Å². The van der Waals surface area contributed by atoms with Gasteiger partial charge in [-0.3, -0.25) is 9.59 Å². The number of benzene rings is 1. The maximum absolute atomic E-state index is 13.1. The normalized spacial score (nSPS) is 13.5. The van der Waals surface area contributed by atoms with E-state index >= 15 is 0 Å². The van der Waals surface area contributed by atoms with Gasteiger partial charge in [-0.15, -0.1) is 0 Å². The summed E-state index contributed by atoms with van der Waals surface area (Å²) in [7, 11) is 0. The van der Waals surface area contributed by atoms with E-state index in [9.17, 15) is 9.59 Å². The van der Waals surface area contributed by atoms with Gasteiger partial charge in [0.1, 0.15) is 0 Å². The van der Waals surface area contributed by atoms with Crippen LogP contribution in [0, 0.1) is 19.3 Å². The lowest BCUT2D eigenvalue weighted by atomic mass is 9.85. The Morgan fingerprint density at radius 3 is 2.23 bits per heavy atom. The summed E-state index contributed by atoms with van der Waals surface area (Å²) in [5, 5.41) is 3.18. The number of nitrogens with two attached hydrogens (primary N) is 1. The quantitative estimate of drug-likeness (QED) is 0.369. The summed E-state index contributed by atoms with van der Waals surface area (Å²) < 4.78 is 0. The van der Waals surface area contributed by atoms with Gasteiger partial charge in [0.25, 0.3) is 0 Å². The van der Waals surface area contributed by atoms with Crippen molar-refractivity contribution >= 4 is 28.9 Å². The topological polar surface area (TPSA) is 75.4 Å². The lowest BCUT2D eigenvalue weighted by Gasteiger charge is -2.27. The number of unbranched alkanes of at least 4 members (excludes halogenated alkanes) is 6. The molecular weight excluding hydrogens is 374 g/mol. The highest BCUT2D eigenvalue weighted by Crippen LogP contribution is 2.43. The Balaban J connectivity index is 2.06. The van der Waals surface area contributed by atoms with Crippen LogP contribution in [-0.2, 0) is 16.0 Å². The number of anilines is 3. The van der Waals surface area contributed by atoms with E-state index in [-0.39, 0.29) is 11.8 Å². The molecule has 2 rings (SSSR count). The van der Waals surface area contributed by atoms with Gasteiger partial charge in [0.15, 0.2) is 0 Å². The average Bonchev–Trinajstić information content (AvgIpc) is 3.14. The molecule has 0 fully saturated rings. The molecule has 0 aliphatic carbocycles. The molecule has 3 N–H and O–H groups in total. The minimum atomic E-state index is -0.429. The van der Waals surface area contributed by atoms with E-state index in [1.165, 1.54) is 38.5 Å². The molecule has 1 heterocycles.